The van der Waals surface area contributed by atoms with Gasteiger partial charge in [0.2, 0.25) is 0 Å². The molecule has 94 valence electrons. The number of halogens is 1. The lowest BCUT2D eigenvalue weighted by Crippen LogP contribution is -2.41. The standard InChI is InChI=1S/C13H18BrNO2/c1-8(2)12(7-16)15-13(17)10-5-4-9(3)11(14)6-10/h4-6,8,12,16H,7H2,1-3H3,(H,15,17)/t12-/m1/s1. The maximum Gasteiger partial charge on any atom is 0.251 e. The van der Waals surface area contributed by atoms with E-state index in [-0.39, 0.29) is 24.5 Å². The van der Waals surface area contributed by atoms with Gasteiger partial charge in [0.05, 0.1) is 12.6 Å². The Morgan fingerprint density at radius 1 is 1.47 bits per heavy atom. The van der Waals surface area contributed by atoms with Crippen molar-refractivity contribution in [2.45, 2.75) is 26.8 Å². The third kappa shape index (κ3) is 3.82. The molecule has 0 aliphatic carbocycles. The Hall–Kier alpha value is -0.870. The van der Waals surface area contributed by atoms with E-state index in [0.29, 0.717) is 5.56 Å². The fourth-order valence-corrected chi connectivity index (χ4v) is 1.79. The predicted molar refractivity (Wildman–Crippen MR) is 72.1 cm³/mol. The summed E-state index contributed by atoms with van der Waals surface area (Å²) in [6.07, 6.45) is 0. The Balaban J connectivity index is 2.79. The molecule has 0 saturated heterocycles. The van der Waals surface area contributed by atoms with E-state index >= 15 is 0 Å². The molecule has 0 radical (unpaired) electrons. The van der Waals surface area contributed by atoms with Gasteiger partial charge < -0.3 is 10.4 Å². The monoisotopic (exact) mass is 299 g/mol. The first-order valence-electron chi connectivity index (χ1n) is 5.63. The molecule has 4 heteroatoms. The molecule has 0 aliphatic rings. The Labute approximate surface area is 110 Å². The highest BCUT2D eigenvalue weighted by molar-refractivity contribution is 9.10. The van der Waals surface area contributed by atoms with Crippen LogP contribution in [0.15, 0.2) is 22.7 Å². The van der Waals surface area contributed by atoms with Crippen LogP contribution in [0.1, 0.15) is 29.8 Å². The summed E-state index contributed by atoms with van der Waals surface area (Å²) in [7, 11) is 0. The zero-order chi connectivity index (χ0) is 13.0. The van der Waals surface area contributed by atoms with Crippen molar-refractivity contribution in [2.75, 3.05) is 6.61 Å². The van der Waals surface area contributed by atoms with Crippen LogP contribution < -0.4 is 5.32 Å². The first kappa shape index (κ1) is 14.2. The van der Waals surface area contributed by atoms with Crippen LogP contribution in [0, 0.1) is 12.8 Å². The van der Waals surface area contributed by atoms with Crippen LogP contribution in [0.25, 0.3) is 0 Å². The van der Waals surface area contributed by atoms with E-state index in [1.807, 2.05) is 26.8 Å². The molecule has 2 N–H and O–H groups in total. The number of nitrogens with one attached hydrogen (secondary N) is 1. The smallest absolute Gasteiger partial charge is 0.251 e. The van der Waals surface area contributed by atoms with Crippen LogP contribution in [0.2, 0.25) is 0 Å². The third-order valence-electron chi connectivity index (χ3n) is 2.75. The molecule has 1 atom stereocenters. The van der Waals surface area contributed by atoms with Gasteiger partial charge in [0, 0.05) is 10.0 Å². The lowest BCUT2D eigenvalue weighted by Gasteiger charge is -2.20. The van der Waals surface area contributed by atoms with Crippen molar-refractivity contribution in [2.24, 2.45) is 5.92 Å². The van der Waals surface area contributed by atoms with E-state index in [2.05, 4.69) is 21.2 Å². The van der Waals surface area contributed by atoms with E-state index < -0.39 is 0 Å². The molecule has 0 aromatic heterocycles. The molecule has 0 unspecified atom stereocenters. The van der Waals surface area contributed by atoms with Gasteiger partial charge in [-0.3, -0.25) is 4.79 Å². The fourth-order valence-electron chi connectivity index (χ4n) is 1.41. The van der Waals surface area contributed by atoms with Gasteiger partial charge >= 0.3 is 0 Å². The number of carbonyl (C=O) groups excluding carboxylic acids is 1. The maximum absolute atomic E-state index is 11.9. The van der Waals surface area contributed by atoms with Gasteiger partial charge in [-0.25, -0.2) is 0 Å². The number of aliphatic hydroxyl groups excluding tert-OH is 1. The Bertz CT molecular complexity index is 404. The topological polar surface area (TPSA) is 49.3 Å². The first-order valence-corrected chi connectivity index (χ1v) is 6.43. The number of rotatable bonds is 4. The average Bonchev–Trinajstić information content (AvgIpc) is 2.28. The predicted octanol–water partition coefficient (Wildman–Crippen LogP) is 2.50. The quantitative estimate of drug-likeness (QED) is 0.897. The summed E-state index contributed by atoms with van der Waals surface area (Å²) in [5.41, 5.74) is 1.69. The van der Waals surface area contributed by atoms with E-state index in [0.717, 1.165) is 10.0 Å². The molecule has 1 amide bonds. The SMILES string of the molecule is Cc1ccc(C(=O)N[C@H](CO)C(C)C)cc1Br. The molecule has 0 heterocycles. The molecule has 17 heavy (non-hydrogen) atoms. The molecule has 3 nitrogen and oxygen atoms in total. The summed E-state index contributed by atoms with van der Waals surface area (Å²) >= 11 is 3.40. The first-order chi connectivity index (χ1) is 7.95. The molecule has 0 bridgehead atoms. The molecule has 0 aliphatic heterocycles. The second-order valence-corrected chi connectivity index (χ2v) is 5.32. The van der Waals surface area contributed by atoms with Crippen LogP contribution in [-0.4, -0.2) is 23.7 Å². The van der Waals surface area contributed by atoms with Crippen LogP contribution in [0.5, 0.6) is 0 Å². The lowest BCUT2D eigenvalue weighted by molar-refractivity contribution is 0.0897. The van der Waals surface area contributed by atoms with Crippen molar-refractivity contribution in [1.29, 1.82) is 0 Å². The summed E-state index contributed by atoms with van der Waals surface area (Å²) in [5, 5.41) is 12.0. The molecule has 0 fully saturated rings. The van der Waals surface area contributed by atoms with Crippen molar-refractivity contribution in [3.63, 3.8) is 0 Å². The third-order valence-corrected chi connectivity index (χ3v) is 3.61. The fraction of sp³-hybridized carbons (Fsp3) is 0.462. The Morgan fingerprint density at radius 2 is 2.12 bits per heavy atom. The van der Waals surface area contributed by atoms with Crippen molar-refractivity contribution in [3.05, 3.63) is 33.8 Å². The highest BCUT2D eigenvalue weighted by Gasteiger charge is 2.16. The molecular formula is C13H18BrNO2. The highest BCUT2D eigenvalue weighted by atomic mass is 79.9. The molecule has 1 aromatic carbocycles. The summed E-state index contributed by atoms with van der Waals surface area (Å²) in [6, 6.07) is 5.26. The molecular weight excluding hydrogens is 282 g/mol. The van der Waals surface area contributed by atoms with Gasteiger partial charge in [0.1, 0.15) is 0 Å². The van der Waals surface area contributed by atoms with E-state index in [9.17, 15) is 4.79 Å². The number of aryl methyl sites for hydroxylation is 1. The van der Waals surface area contributed by atoms with Crippen LogP contribution in [0.3, 0.4) is 0 Å². The van der Waals surface area contributed by atoms with Gasteiger partial charge in [-0.2, -0.15) is 0 Å². The highest BCUT2D eigenvalue weighted by Crippen LogP contribution is 2.17. The van der Waals surface area contributed by atoms with Crippen molar-refractivity contribution in [3.8, 4) is 0 Å². The normalized spacial score (nSPS) is 12.6. The van der Waals surface area contributed by atoms with Gasteiger partial charge in [-0.15, -0.1) is 0 Å². The molecule has 1 rings (SSSR count). The number of carbonyl (C=O) groups is 1. The Morgan fingerprint density at radius 3 is 2.59 bits per heavy atom. The van der Waals surface area contributed by atoms with Gasteiger partial charge in [0.25, 0.3) is 5.91 Å². The largest absolute Gasteiger partial charge is 0.394 e. The van der Waals surface area contributed by atoms with Crippen LogP contribution >= 0.6 is 15.9 Å². The zero-order valence-electron chi connectivity index (χ0n) is 10.3. The minimum atomic E-state index is -0.206. The minimum absolute atomic E-state index is 0.0452. The van der Waals surface area contributed by atoms with Crippen LogP contribution in [-0.2, 0) is 0 Å². The molecule has 1 aromatic rings. The summed E-state index contributed by atoms with van der Waals surface area (Å²) in [6.45, 7) is 5.85. The number of amides is 1. The lowest BCUT2D eigenvalue weighted by atomic mass is 10.0. The Kier molecular flexibility index (Phi) is 5.15. The van der Waals surface area contributed by atoms with Crippen molar-refractivity contribution in [1.82, 2.24) is 5.32 Å². The maximum atomic E-state index is 11.9. The number of hydrogen-bond donors (Lipinski definition) is 2. The summed E-state index contributed by atoms with van der Waals surface area (Å²) in [4.78, 5) is 11.9. The second kappa shape index (κ2) is 6.17. The zero-order valence-corrected chi connectivity index (χ0v) is 11.9. The van der Waals surface area contributed by atoms with E-state index in [1.54, 1.807) is 12.1 Å². The van der Waals surface area contributed by atoms with Gasteiger partial charge in [0.15, 0.2) is 0 Å². The van der Waals surface area contributed by atoms with Crippen LogP contribution in [0.4, 0.5) is 0 Å². The van der Waals surface area contributed by atoms with E-state index in [1.165, 1.54) is 0 Å². The van der Waals surface area contributed by atoms with Gasteiger partial charge in [-0.1, -0.05) is 35.8 Å². The summed E-state index contributed by atoms with van der Waals surface area (Å²) < 4.78 is 0.912. The average molecular weight is 300 g/mol. The van der Waals surface area contributed by atoms with E-state index in [4.69, 9.17) is 5.11 Å². The number of hydrogen-bond acceptors (Lipinski definition) is 2. The van der Waals surface area contributed by atoms with Crippen molar-refractivity contribution < 1.29 is 9.90 Å². The number of aliphatic hydroxyl groups is 1. The second-order valence-electron chi connectivity index (χ2n) is 4.47. The molecule has 0 saturated carbocycles. The van der Waals surface area contributed by atoms with Gasteiger partial charge in [-0.05, 0) is 30.5 Å². The molecule has 0 spiro atoms. The number of benzene rings is 1. The minimum Gasteiger partial charge on any atom is -0.394 e. The van der Waals surface area contributed by atoms with Crippen molar-refractivity contribution >= 4 is 21.8 Å². The summed E-state index contributed by atoms with van der Waals surface area (Å²) in [5.74, 6) is 0.0521.